The van der Waals surface area contributed by atoms with Crippen LogP contribution in [0.1, 0.15) is 186 Å². The number of hydrogen-bond donors (Lipinski definition) is 6. The summed E-state index contributed by atoms with van der Waals surface area (Å²) in [6, 6.07) is 0. The van der Waals surface area contributed by atoms with Crippen molar-refractivity contribution in [2.75, 3.05) is 0 Å². The lowest BCUT2D eigenvalue weighted by molar-refractivity contribution is -0.138. The van der Waals surface area contributed by atoms with E-state index in [4.69, 9.17) is 30.6 Å². The molecular weight excluding hydrogens is 612 g/mol. The summed E-state index contributed by atoms with van der Waals surface area (Å²) in [4.78, 5) is 61.2. The third-order valence-electron chi connectivity index (χ3n) is 7.34. The highest BCUT2D eigenvalue weighted by molar-refractivity contribution is 5.68. The third kappa shape index (κ3) is 58.8. The second-order valence-electron chi connectivity index (χ2n) is 12.0. The zero-order chi connectivity index (χ0) is 36.0. The molecule has 0 aromatic carbocycles. The first-order valence-corrected chi connectivity index (χ1v) is 17.7. The van der Waals surface area contributed by atoms with E-state index in [-0.39, 0.29) is 38.5 Å². The molecule has 0 amide bonds. The lowest BCUT2D eigenvalue weighted by Gasteiger charge is -2.00. The van der Waals surface area contributed by atoms with Crippen molar-refractivity contribution < 1.29 is 59.4 Å². The minimum absolute atomic E-state index is 0.263. The van der Waals surface area contributed by atoms with E-state index in [1.807, 2.05) is 0 Å². The van der Waals surface area contributed by atoms with Gasteiger partial charge in [-0.25, -0.2) is 0 Å². The van der Waals surface area contributed by atoms with Gasteiger partial charge in [0.2, 0.25) is 0 Å². The maximum atomic E-state index is 10.2. The molecule has 276 valence electrons. The molecule has 0 spiro atoms. The predicted octanol–water partition coefficient (Wildman–Crippen LogP) is 8.78. The molecule has 0 aliphatic heterocycles. The third-order valence-corrected chi connectivity index (χ3v) is 7.34. The molecule has 0 saturated carbocycles. The van der Waals surface area contributed by atoms with Crippen LogP contribution in [0.2, 0.25) is 0 Å². The Bertz CT molecular complexity index is 689. The Kier molecular flexibility index (Phi) is 40.0. The van der Waals surface area contributed by atoms with E-state index >= 15 is 0 Å². The van der Waals surface area contributed by atoms with Crippen molar-refractivity contribution in [2.24, 2.45) is 0 Å². The fraction of sp³-hybridized carbons (Fsp3) is 0.829. The first-order valence-electron chi connectivity index (χ1n) is 17.7. The normalized spacial score (nSPS) is 10.2. The van der Waals surface area contributed by atoms with Gasteiger partial charge in [-0.1, -0.05) is 109 Å². The van der Waals surface area contributed by atoms with Crippen LogP contribution in [0.15, 0.2) is 0 Å². The molecule has 12 nitrogen and oxygen atoms in total. The van der Waals surface area contributed by atoms with Crippen molar-refractivity contribution in [3.8, 4) is 0 Å². The molecule has 0 heterocycles. The van der Waals surface area contributed by atoms with E-state index in [1.165, 1.54) is 0 Å². The average Bonchev–Trinajstić information content (AvgIpc) is 2.98. The molecule has 0 aliphatic rings. The highest BCUT2D eigenvalue weighted by Crippen LogP contribution is 2.12. The van der Waals surface area contributed by atoms with Gasteiger partial charge in [-0.05, 0) is 38.5 Å². The molecule has 0 saturated heterocycles. The van der Waals surface area contributed by atoms with Crippen LogP contribution >= 0.6 is 0 Å². The van der Waals surface area contributed by atoms with Crippen LogP contribution in [0.4, 0.5) is 0 Å². The summed E-state index contributed by atoms with van der Waals surface area (Å²) in [6.07, 6.45) is 24.2. The van der Waals surface area contributed by atoms with Crippen LogP contribution in [-0.2, 0) is 28.8 Å². The topological polar surface area (TPSA) is 224 Å². The van der Waals surface area contributed by atoms with Crippen LogP contribution in [-0.4, -0.2) is 66.5 Å². The number of carboxylic acid groups (broad SMARTS) is 6. The maximum absolute atomic E-state index is 10.2. The smallest absolute Gasteiger partial charge is 0.303 e. The molecule has 0 atom stereocenters. The van der Waals surface area contributed by atoms with Crippen molar-refractivity contribution in [3.05, 3.63) is 0 Å². The Morgan fingerprint density at radius 2 is 0.277 bits per heavy atom. The molecule has 0 bridgehead atoms. The fourth-order valence-corrected chi connectivity index (χ4v) is 4.66. The van der Waals surface area contributed by atoms with Crippen molar-refractivity contribution in [2.45, 2.75) is 186 Å². The lowest BCUT2D eigenvalue weighted by Crippen LogP contribution is -1.94. The van der Waals surface area contributed by atoms with Gasteiger partial charge in [0, 0.05) is 38.5 Å². The van der Waals surface area contributed by atoms with E-state index in [1.54, 1.807) is 0 Å². The second kappa shape index (κ2) is 39.0. The molecule has 0 rings (SSSR count). The molecule has 0 unspecified atom stereocenters. The highest BCUT2D eigenvalue weighted by Gasteiger charge is 2.00. The van der Waals surface area contributed by atoms with Crippen LogP contribution < -0.4 is 0 Å². The molecule has 12 heteroatoms. The first-order chi connectivity index (χ1) is 22.4. The Labute approximate surface area is 281 Å². The molecular formula is C35H64O12. The van der Waals surface area contributed by atoms with Gasteiger partial charge in [-0.2, -0.15) is 0 Å². The van der Waals surface area contributed by atoms with Crippen LogP contribution in [0.5, 0.6) is 0 Å². The summed E-state index contributed by atoms with van der Waals surface area (Å²) < 4.78 is 0. The number of carbonyl (C=O) groups is 6. The zero-order valence-corrected chi connectivity index (χ0v) is 28.6. The average molecular weight is 677 g/mol. The van der Waals surface area contributed by atoms with Gasteiger partial charge < -0.3 is 30.6 Å². The Morgan fingerprint density at radius 3 is 0.362 bits per heavy atom. The summed E-state index contributed by atoms with van der Waals surface area (Å²) >= 11 is 0. The Morgan fingerprint density at radius 1 is 0.191 bits per heavy atom. The van der Waals surface area contributed by atoms with E-state index in [2.05, 4.69) is 0 Å². The van der Waals surface area contributed by atoms with Crippen LogP contribution in [0.3, 0.4) is 0 Å². The minimum atomic E-state index is -0.726. The predicted molar refractivity (Wildman–Crippen MR) is 180 cm³/mol. The fourth-order valence-electron chi connectivity index (χ4n) is 4.66. The summed E-state index contributed by atoms with van der Waals surface area (Å²) in [5.74, 6) is -4.31. The van der Waals surface area contributed by atoms with Gasteiger partial charge in [0.1, 0.15) is 0 Å². The van der Waals surface area contributed by atoms with Gasteiger partial charge in [-0.15, -0.1) is 0 Å². The van der Waals surface area contributed by atoms with Gasteiger partial charge in [0.25, 0.3) is 0 Å². The summed E-state index contributed by atoms with van der Waals surface area (Å²) in [7, 11) is 0. The number of rotatable bonds is 32. The van der Waals surface area contributed by atoms with Crippen LogP contribution in [0.25, 0.3) is 0 Å². The highest BCUT2D eigenvalue weighted by atomic mass is 16.4. The SMILES string of the molecule is O=C(O)CCCCCCCCCC(=O)O.O=C(O)CCCCCCCCCCC(=O)O.O=C(O)CCCCCCCCCCC(=O)O. The first kappa shape index (κ1) is 48.2. The Hall–Kier alpha value is -3.18. The largest absolute Gasteiger partial charge is 0.481 e. The minimum Gasteiger partial charge on any atom is -0.481 e. The van der Waals surface area contributed by atoms with Gasteiger partial charge >= 0.3 is 35.8 Å². The quantitative estimate of drug-likeness (QED) is 0.0368. The molecule has 0 aromatic rings. The zero-order valence-electron chi connectivity index (χ0n) is 28.6. The molecule has 47 heavy (non-hydrogen) atoms. The van der Waals surface area contributed by atoms with Crippen molar-refractivity contribution in [3.63, 3.8) is 0 Å². The number of aliphatic carboxylic acids is 6. The molecule has 0 fully saturated rings. The molecule has 0 aromatic heterocycles. The molecule has 0 radical (unpaired) electrons. The van der Waals surface area contributed by atoms with Gasteiger partial charge in [0.05, 0.1) is 0 Å². The number of carboxylic acids is 6. The van der Waals surface area contributed by atoms with Gasteiger partial charge in [-0.3, -0.25) is 28.8 Å². The second-order valence-corrected chi connectivity index (χ2v) is 12.0. The van der Waals surface area contributed by atoms with Gasteiger partial charge in [0.15, 0.2) is 0 Å². The summed E-state index contributed by atoms with van der Waals surface area (Å²) in [5, 5.41) is 50.4. The summed E-state index contributed by atoms with van der Waals surface area (Å²) in [5.41, 5.74) is 0. The number of unbranched alkanes of at least 4 members (excludes halogenated alkanes) is 20. The number of hydrogen-bond acceptors (Lipinski definition) is 6. The van der Waals surface area contributed by atoms with E-state index in [0.717, 1.165) is 148 Å². The monoisotopic (exact) mass is 676 g/mol. The van der Waals surface area contributed by atoms with E-state index < -0.39 is 35.8 Å². The maximum Gasteiger partial charge on any atom is 0.303 e. The molecule has 0 aliphatic carbocycles. The lowest BCUT2D eigenvalue weighted by atomic mass is 10.1. The van der Waals surface area contributed by atoms with Crippen molar-refractivity contribution in [1.29, 1.82) is 0 Å². The van der Waals surface area contributed by atoms with Crippen LogP contribution in [0, 0.1) is 0 Å². The van der Waals surface area contributed by atoms with Crippen molar-refractivity contribution in [1.82, 2.24) is 0 Å². The standard InChI is InChI=1S/2C12H22O4.C11H20O4/c2*13-11(14)9-7-5-3-1-2-4-6-8-10-12(15)16;12-10(13)8-6-4-2-1-3-5-7-9-11(14)15/h2*1-10H2,(H,13,14)(H,15,16);1-9H2,(H,12,13)(H,14,15). The Balaban J connectivity index is -0.000000618. The van der Waals surface area contributed by atoms with Crippen molar-refractivity contribution >= 4 is 35.8 Å². The van der Waals surface area contributed by atoms with E-state index in [9.17, 15) is 28.8 Å². The molecule has 6 N–H and O–H groups in total. The summed E-state index contributed by atoms with van der Waals surface area (Å²) in [6.45, 7) is 0. The van der Waals surface area contributed by atoms with E-state index in [0.29, 0.717) is 0 Å².